The fourth-order valence-corrected chi connectivity index (χ4v) is 10.7. The summed E-state index contributed by atoms with van der Waals surface area (Å²) in [5, 5.41) is 32.0. The van der Waals surface area contributed by atoms with Crippen LogP contribution in [-0.4, -0.2) is 33.5 Å². The van der Waals surface area contributed by atoms with Crippen molar-refractivity contribution in [3.63, 3.8) is 0 Å². The van der Waals surface area contributed by atoms with Crippen molar-refractivity contribution in [3.05, 3.63) is 35.4 Å². The van der Waals surface area contributed by atoms with E-state index in [-0.39, 0.29) is 23.0 Å². The van der Waals surface area contributed by atoms with Gasteiger partial charge in [0.25, 0.3) is 0 Å². The van der Waals surface area contributed by atoms with Crippen LogP contribution in [0.4, 0.5) is 0 Å². The van der Waals surface area contributed by atoms with E-state index in [1.165, 1.54) is 25.7 Å². The van der Waals surface area contributed by atoms with Crippen molar-refractivity contribution in [1.82, 2.24) is 0 Å². The van der Waals surface area contributed by atoms with Crippen LogP contribution < -0.4 is 0 Å². The van der Waals surface area contributed by atoms with Crippen molar-refractivity contribution < 1.29 is 20.1 Å². The number of aryl methyl sites for hydroxylation is 1. The number of benzene rings is 1. The van der Waals surface area contributed by atoms with Gasteiger partial charge in [-0.1, -0.05) is 58.7 Å². The number of hydrogen-bond donors (Lipinski definition) is 3. The van der Waals surface area contributed by atoms with Gasteiger partial charge in [-0.15, -0.1) is 0 Å². The highest BCUT2D eigenvalue weighted by atomic mass is 16.4. The molecule has 1 aromatic carbocycles. The van der Waals surface area contributed by atoms with Crippen LogP contribution in [0.15, 0.2) is 24.3 Å². The molecule has 0 spiro atoms. The zero-order valence-corrected chi connectivity index (χ0v) is 23.5. The maximum Gasteiger partial charge on any atom is 0.335 e. The van der Waals surface area contributed by atoms with Crippen molar-refractivity contribution in [3.8, 4) is 0 Å². The van der Waals surface area contributed by atoms with Crippen LogP contribution in [0.1, 0.15) is 108 Å². The van der Waals surface area contributed by atoms with Gasteiger partial charge in [-0.3, -0.25) is 0 Å². The third-order valence-corrected chi connectivity index (χ3v) is 12.5. The summed E-state index contributed by atoms with van der Waals surface area (Å²) in [6.07, 6.45) is 11.5. The molecule has 0 heterocycles. The van der Waals surface area contributed by atoms with Crippen molar-refractivity contribution in [2.24, 2.45) is 52.3 Å². The Morgan fingerprint density at radius 3 is 2.43 bits per heavy atom. The van der Waals surface area contributed by atoms with Crippen LogP contribution in [0, 0.1) is 52.3 Å². The topological polar surface area (TPSA) is 77.8 Å². The minimum absolute atomic E-state index is 0.191. The molecule has 4 fully saturated rings. The summed E-state index contributed by atoms with van der Waals surface area (Å²) < 4.78 is 0. The van der Waals surface area contributed by atoms with Gasteiger partial charge in [-0.25, -0.2) is 4.79 Å². The number of aliphatic hydroxyl groups is 2. The molecule has 4 aliphatic rings. The highest BCUT2D eigenvalue weighted by Crippen LogP contribution is 2.69. The molecule has 0 radical (unpaired) electrons. The molecule has 0 aliphatic heterocycles. The Morgan fingerprint density at radius 2 is 1.70 bits per heavy atom. The Labute approximate surface area is 224 Å². The van der Waals surface area contributed by atoms with Gasteiger partial charge in [0.2, 0.25) is 0 Å². The van der Waals surface area contributed by atoms with Crippen LogP contribution in [0.25, 0.3) is 0 Å². The van der Waals surface area contributed by atoms with Gasteiger partial charge >= 0.3 is 5.97 Å². The maximum atomic E-state index is 11.9. The van der Waals surface area contributed by atoms with E-state index in [0.717, 1.165) is 50.5 Å². The molecular weight excluding hydrogens is 460 g/mol. The second-order valence-corrected chi connectivity index (χ2v) is 14.0. The number of carbonyl (C=O) groups is 1. The van der Waals surface area contributed by atoms with Gasteiger partial charge in [-0.05, 0) is 122 Å². The van der Waals surface area contributed by atoms with E-state index in [0.29, 0.717) is 47.0 Å². The number of rotatable bonds is 7. The van der Waals surface area contributed by atoms with E-state index < -0.39 is 5.97 Å². The molecule has 0 aromatic heterocycles. The molecule has 11 atom stereocenters. The standard InChI is InChI=1S/C33H50O4/c1-5-23-28-19-22(34)15-17-33(28,4)27-16-18-32(3)25(13-14-26(32)29(27)30(23)35)20(2)9-8-11-21-10-6-7-12-24(21)31(36)37/h6-7,10,12,20,22-23,25-30,34-35H,5,8-9,11,13-19H2,1-4H3,(H,36,37)/t20-,22-,23-,25-,26+,27?,28?,29?,30-,32?,33-/m1/s1. The van der Waals surface area contributed by atoms with Gasteiger partial charge in [-0.2, -0.15) is 0 Å². The van der Waals surface area contributed by atoms with Crippen molar-refractivity contribution in [2.45, 2.75) is 111 Å². The Balaban J connectivity index is 1.30. The zero-order chi connectivity index (χ0) is 26.5. The van der Waals surface area contributed by atoms with Crippen molar-refractivity contribution in [1.29, 1.82) is 0 Å². The molecule has 5 rings (SSSR count). The molecule has 0 saturated heterocycles. The van der Waals surface area contributed by atoms with Crippen LogP contribution in [0.5, 0.6) is 0 Å². The molecule has 206 valence electrons. The second-order valence-electron chi connectivity index (χ2n) is 14.0. The van der Waals surface area contributed by atoms with Gasteiger partial charge in [0.1, 0.15) is 0 Å². The Bertz CT molecular complexity index is 975. The monoisotopic (exact) mass is 510 g/mol. The highest BCUT2D eigenvalue weighted by molar-refractivity contribution is 5.89. The zero-order valence-electron chi connectivity index (χ0n) is 23.5. The number of aliphatic hydroxyl groups excluding tert-OH is 2. The maximum absolute atomic E-state index is 11.9. The quantitative estimate of drug-likeness (QED) is 0.370. The molecule has 4 nitrogen and oxygen atoms in total. The van der Waals surface area contributed by atoms with E-state index in [9.17, 15) is 20.1 Å². The van der Waals surface area contributed by atoms with E-state index in [4.69, 9.17) is 0 Å². The first-order valence-corrected chi connectivity index (χ1v) is 15.3. The minimum atomic E-state index is -0.827. The summed E-state index contributed by atoms with van der Waals surface area (Å²) >= 11 is 0. The van der Waals surface area contributed by atoms with Crippen molar-refractivity contribution in [2.75, 3.05) is 0 Å². The fraction of sp³-hybridized carbons (Fsp3) is 0.788. The predicted molar refractivity (Wildman–Crippen MR) is 147 cm³/mol. The molecular formula is C33H50O4. The van der Waals surface area contributed by atoms with Gasteiger partial charge in [0.05, 0.1) is 17.8 Å². The molecule has 0 amide bonds. The van der Waals surface area contributed by atoms with Crippen LogP contribution >= 0.6 is 0 Å². The van der Waals surface area contributed by atoms with E-state index in [1.807, 2.05) is 18.2 Å². The highest BCUT2D eigenvalue weighted by Gasteiger charge is 2.64. The van der Waals surface area contributed by atoms with Gasteiger partial charge < -0.3 is 15.3 Å². The fourth-order valence-electron chi connectivity index (χ4n) is 10.7. The smallest absolute Gasteiger partial charge is 0.335 e. The number of aromatic carboxylic acids is 1. The number of fused-ring (bicyclic) bond motifs is 5. The predicted octanol–water partition coefficient (Wildman–Crippen LogP) is 6.97. The third-order valence-electron chi connectivity index (χ3n) is 12.5. The number of carboxylic acids is 1. The molecule has 1 aromatic rings. The number of carboxylic acid groups (broad SMARTS) is 1. The first-order chi connectivity index (χ1) is 17.6. The molecule has 0 bridgehead atoms. The SMILES string of the molecule is CC[C@@H]1C2C[C@H](O)CC[C@]2(C)C2CCC3(C)[C@@H]([C@H](C)CCCc4ccccc4C(=O)O)CC[C@H]3C2[C@@H]1O. The lowest BCUT2D eigenvalue weighted by atomic mass is 9.41. The molecule has 4 aliphatic carbocycles. The Morgan fingerprint density at radius 1 is 1.00 bits per heavy atom. The van der Waals surface area contributed by atoms with Crippen LogP contribution in [0.3, 0.4) is 0 Å². The molecule has 37 heavy (non-hydrogen) atoms. The van der Waals surface area contributed by atoms with Gasteiger partial charge in [0, 0.05) is 0 Å². The average molecular weight is 511 g/mol. The third kappa shape index (κ3) is 4.48. The largest absolute Gasteiger partial charge is 0.478 e. The summed E-state index contributed by atoms with van der Waals surface area (Å²) in [6, 6.07) is 7.45. The lowest BCUT2D eigenvalue weighted by Gasteiger charge is -2.64. The normalized spacial score (nSPS) is 43.9. The Kier molecular flexibility index (Phi) is 7.57. The van der Waals surface area contributed by atoms with E-state index in [1.54, 1.807) is 6.07 Å². The first-order valence-electron chi connectivity index (χ1n) is 15.3. The summed E-state index contributed by atoms with van der Waals surface area (Å²) in [5.74, 6) is 2.81. The molecule has 4 saturated carbocycles. The molecule has 3 N–H and O–H groups in total. The van der Waals surface area contributed by atoms with E-state index in [2.05, 4.69) is 27.7 Å². The second kappa shape index (κ2) is 10.3. The lowest BCUT2D eigenvalue weighted by Crippen LogP contribution is -2.62. The lowest BCUT2D eigenvalue weighted by molar-refractivity contribution is -0.203. The minimum Gasteiger partial charge on any atom is -0.478 e. The van der Waals surface area contributed by atoms with Crippen LogP contribution in [-0.2, 0) is 6.42 Å². The summed E-state index contributed by atoms with van der Waals surface area (Å²) in [7, 11) is 0. The molecule has 4 heteroatoms. The number of hydrogen-bond acceptors (Lipinski definition) is 3. The van der Waals surface area contributed by atoms with Gasteiger partial charge in [0.15, 0.2) is 0 Å². The van der Waals surface area contributed by atoms with Crippen molar-refractivity contribution >= 4 is 5.97 Å². The van der Waals surface area contributed by atoms with Crippen LogP contribution in [0.2, 0.25) is 0 Å². The van der Waals surface area contributed by atoms with E-state index >= 15 is 0 Å². The summed E-state index contributed by atoms with van der Waals surface area (Å²) in [4.78, 5) is 11.6. The summed E-state index contributed by atoms with van der Waals surface area (Å²) in [6.45, 7) is 9.75. The summed E-state index contributed by atoms with van der Waals surface area (Å²) in [5.41, 5.74) is 1.94. The average Bonchev–Trinajstić information content (AvgIpc) is 3.22. The first kappa shape index (κ1) is 27.2. The Hall–Kier alpha value is -1.39. The molecule has 4 unspecified atom stereocenters.